The number of rotatable bonds is 5. The first-order chi connectivity index (χ1) is 12.7. The number of aromatic nitrogens is 6. The molecular weight excluding hydrogens is 332 g/mol. The molecule has 1 N–H and O–H groups in total. The first-order valence-electron chi connectivity index (χ1n) is 7.95. The van der Waals surface area contributed by atoms with Crippen molar-refractivity contribution < 1.29 is 9.90 Å². The fraction of sp³-hybridized carbons (Fsp3) is 0.111. The molecule has 0 bridgehead atoms. The van der Waals surface area contributed by atoms with Crippen molar-refractivity contribution >= 4 is 11.6 Å². The van der Waals surface area contributed by atoms with Gasteiger partial charge in [0, 0.05) is 36.5 Å². The highest BCUT2D eigenvalue weighted by Crippen LogP contribution is 2.22. The molecule has 4 rings (SSSR count). The van der Waals surface area contributed by atoms with E-state index in [1.165, 1.54) is 0 Å². The molecule has 1 atom stereocenters. The summed E-state index contributed by atoms with van der Waals surface area (Å²) >= 11 is 0. The second-order valence-corrected chi connectivity index (χ2v) is 5.76. The molecule has 4 aromatic rings. The fourth-order valence-electron chi connectivity index (χ4n) is 2.76. The van der Waals surface area contributed by atoms with Crippen LogP contribution in [-0.4, -0.2) is 40.6 Å². The highest BCUT2D eigenvalue weighted by atomic mass is 16.4. The Morgan fingerprint density at radius 2 is 1.88 bits per heavy atom. The van der Waals surface area contributed by atoms with Gasteiger partial charge in [0.15, 0.2) is 11.5 Å². The van der Waals surface area contributed by atoms with E-state index in [4.69, 9.17) is 0 Å². The quantitative estimate of drug-likeness (QED) is 0.589. The zero-order chi connectivity index (χ0) is 17.9. The minimum absolute atomic E-state index is 0.272. The molecule has 0 radical (unpaired) electrons. The van der Waals surface area contributed by atoms with E-state index in [0.29, 0.717) is 17.2 Å². The number of hydrogen-bond acceptors (Lipinski definition) is 6. The van der Waals surface area contributed by atoms with Crippen molar-refractivity contribution in [1.29, 1.82) is 0 Å². The maximum atomic E-state index is 11.9. The largest absolute Gasteiger partial charge is 0.481 e. The van der Waals surface area contributed by atoms with Crippen LogP contribution in [0.3, 0.4) is 0 Å². The van der Waals surface area contributed by atoms with Gasteiger partial charge in [-0.3, -0.25) is 24.1 Å². The van der Waals surface area contributed by atoms with E-state index >= 15 is 0 Å². The molecule has 0 aliphatic rings. The van der Waals surface area contributed by atoms with Crippen LogP contribution in [0.4, 0.5) is 0 Å². The summed E-state index contributed by atoms with van der Waals surface area (Å²) in [5.74, 6) is -1.47. The number of hydrogen-bond donors (Lipinski definition) is 1. The number of aliphatic carboxylic acids is 1. The van der Waals surface area contributed by atoms with Crippen LogP contribution in [-0.2, 0) is 11.2 Å². The van der Waals surface area contributed by atoms with E-state index in [9.17, 15) is 9.90 Å². The maximum absolute atomic E-state index is 11.9. The lowest BCUT2D eigenvalue weighted by Crippen LogP contribution is -2.17. The van der Waals surface area contributed by atoms with Gasteiger partial charge in [0.25, 0.3) is 0 Å². The molecule has 128 valence electrons. The Morgan fingerprint density at radius 3 is 2.58 bits per heavy atom. The minimum Gasteiger partial charge on any atom is -0.481 e. The van der Waals surface area contributed by atoms with Crippen LogP contribution in [0, 0.1) is 0 Å². The maximum Gasteiger partial charge on any atom is 0.314 e. The molecule has 8 nitrogen and oxygen atoms in total. The zero-order valence-corrected chi connectivity index (χ0v) is 13.6. The Balaban J connectivity index is 1.78. The highest BCUT2D eigenvalue weighted by Gasteiger charge is 2.26. The fourth-order valence-corrected chi connectivity index (χ4v) is 2.76. The predicted molar refractivity (Wildman–Crippen MR) is 92.3 cm³/mol. The van der Waals surface area contributed by atoms with Crippen molar-refractivity contribution in [3.63, 3.8) is 0 Å². The summed E-state index contributed by atoms with van der Waals surface area (Å²) in [4.78, 5) is 24.4. The first-order valence-corrected chi connectivity index (χ1v) is 7.95. The number of pyridine rings is 2. The molecule has 4 aromatic heterocycles. The van der Waals surface area contributed by atoms with Crippen LogP contribution in [0.1, 0.15) is 17.3 Å². The third-order valence-corrected chi connectivity index (χ3v) is 4.05. The average Bonchev–Trinajstić information content (AvgIpc) is 3.10. The lowest BCUT2D eigenvalue weighted by molar-refractivity contribution is -0.139. The summed E-state index contributed by atoms with van der Waals surface area (Å²) in [6.45, 7) is 0. The summed E-state index contributed by atoms with van der Waals surface area (Å²) in [7, 11) is 0. The van der Waals surface area contributed by atoms with E-state index in [1.807, 2.05) is 18.2 Å². The second-order valence-electron chi connectivity index (χ2n) is 5.76. The van der Waals surface area contributed by atoms with Crippen LogP contribution < -0.4 is 0 Å². The molecule has 0 aromatic carbocycles. The minimum atomic E-state index is -0.970. The van der Waals surface area contributed by atoms with Crippen molar-refractivity contribution in [2.24, 2.45) is 0 Å². The average molecular weight is 346 g/mol. The summed E-state index contributed by atoms with van der Waals surface area (Å²) in [5.41, 5.74) is 2.80. The normalized spacial score (nSPS) is 12.2. The number of carbonyl (C=O) groups is 1. The standard InChI is InChI=1S/C18H14N6O2/c25-18(26)14(7-12-3-1-5-19-8-12)17-23-22-16-10-21-15(11-24(16)17)13-4-2-6-20-9-13/h1-6,8-11,14H,7H2,(H,25,26). The van der Waals surface area contributed by atoms with Crippen LogP contribution in [0.25, 0.3) is 16.9 Å². The first kappa shape index (κ1) is 15.8. The molecule has 8 heteroatoms. The Hall–Kier alpha value is -3.68. The van der Waals surface area contributed by atoms with Crippen LogP contribution >= 0.6 is 0 Å². The van der Waals surface area contributed by atoms with Crippen LogP contribution in [0.15, 0.2) is 61.4 Å². The van der Waals surface area contributed by atoms with Gasteiger partial charge < -0.3 is 5.11 Å². The number of carboxylic acid groups (broad SMARTS) is 1. The summed E-state index contributed by atoms with van der Waals surface area (Å²) in [6.07, 6.45) is 10.3. The summed E-state index contributed by atoms with van der Waals surface area (Å²) < 4.78 is 1.67. The zero-order valence-electron chi connectivity index (χ0n) is 13.6. The third-order valence-electron chi connectivity index (χ3n) is 4.05. The van der Waals surface area contributed by atoms with Gasteiger partial charge in [-0.25, -0.2) is 0 Å². The lowest BCUT2D eigenvalue weighted by atomic mass is 10.00. The van der Waals surface area contributed by atoms with Crippen molar-refractivity contribution in [3.05, 3.63) is 72.8 Å². The Labute approximate surface area is 148 Å². The van der Waals surface area contributed by atoms with Gasteiger partial charge in [-0.05, 0) is 30.2 Å². The molecule has 0 aliphatic carbocycles. The summed E-state index contributed by atoms with van der Waals surface area (Å²) in [6, 6.07) is 7.32. The molecular formula is C18H14N6O2. The number of fused-ring (bicyclic) bond motifs is 1. The lowest BCUT2D eigenvalue weighted by Gasteiger charge is -2.11. The number of carboxylic acids is 1. The van der Waals surface area contributed by atoms with E-state index in [2.05, 4.69) is 25.1 Å². The molecule has 0 amide bonds. The van der Waals surface area contributed by atoms with E-state index in [-0.39, 0.29) is 6.42 Å². The molecule has 26 heavy (non-hydrogen) atoms. The Morgan fingerprint density at radius 1 is 1.08 bits per heavy atom. The van der Waals surface area contributed by atoms with Crippen LogP contribution in [0.5, 0.6) is 0 Å². The van der Waals surface area contributed by atoms with E-state index < -0.39 is 11.9 Å². The van der Waals surface area contributed by atoms with Gasteiger partial charge in [-0.1, -0.05) is 6.07 Å². The van der Waals surface area contributed by atoms with Gasteiger partial charge in [0.2, 0.25) is 0 Å². The predicted octanol–water partition coefficient (Wildman–Crippen LogP) is 1.99. The van der Waals surface area contributed by atoms with Gasteiger partial charge in [-0.15, -0.1) is 10.2 Å². The van der Waals surface area contributed by atoms with Gasteiger partial charge in [0.05, 0.1) is 11.9 Å². The van der Waals surface area contributed by atoms with E-state index in [0.717, 1.165) is 11.1 Å². The summed E-state index contributed by atoms with van der Waals surface area (Å²) in [5, 5.41) is 17.9. The molecule has 0 saturated carbocycles. The second kappa shape index (κ2) is 6.67. The molecule has 4 heterocycles. The SMILES string of the molecule is O=C(O)C(Cc1cccnc1)c1nnc2cnc(-c3cccnc3)cn12. The van der Waals surface area contributed by atoms with Crippen molar-refractivity contribution in [2.45, 2.75) is 12.3 Å². The molecule has 0 saturated heterocycles. The van der Waals surface area contributed by atoms with Gasteiger partial charge >= 0.3 is 5.97 Å². The molecule has 1 unspecified atom stereocenters. The van der Waals surface area contributed by atoms with Crippen molar-refractivity contribution in [1.82, 2.24) is 29.5 Å². The highest BCUT2D eigenvalue weighted by molar-refractivity contribution is 5.75. The van der Waals surface area contributed by atoms with E-state index in [1.54, 1.807) is 47.6 Å². The number of nitrogens with zero attached hydrogens (tertiary/aromatic N) is 6. The molecule has 0 spiro atoms. The van der Waals surface area contributed by atoms with Crippen molar-refractivity contribution in [2.75, 3.05) is 0 Å². The molecule has 0 aliphatic heterocycles. The van der Waals surface area contributed by atoms with Crippen molar-refractivity contribution in [3.8, 4) is 11.3 Å². The van der Waals surface area contributed by atoms with Gasteiger partial charge in [-0.2, -0.15) is 0 Å². The smallest absolute Gasteiger partial charge is 0.314 e. The third kappa shape index (κ3) is 3.00. The Bertz CT molecular complexity index is 1050. The van der Waals surface area contributed by atoms with Gasteiger partial charge in [0.1, 0.15) is 5.92 Å². The van der Waals surface area contributed by atoms with Crippen LogP contribution in [0.2, 0.25) is 0 Å². The monoisotopic (exact) mass is 346 g/mol. The molecule has 0 fully saturated rings. The topological polar surface area (TPSA) is 106 Å². The Kier molecular flexibility index (Phi) is 4.06.